The minimum absolute atomic E-state index is 0.0556. The monoisotopic (exact) mass is 559 g/mol. The minimum Gasteiger partial charge on any atom is -0.354 e. The fourth-order valence-electron chi connectivity index (χ4n) is 4.06. The fraction of sp³-hybridized carbons (Fsp3) is 0.269. The zero-order valence-corrected chi connectivity index (χ0v) is 22.6. The van der Waals surface area contributed by atoms with E-state index in [1.807, 2.05) is 30.3 Å². The summed E-state index contributed by atoms with van der Waals surface area (Å²) in [5.41, 5.74) is 1.17. The van der Waals surface area contributed by atoms with E-state index in [1.54, 1.807) is 48.2 Å². The fourth-order valence-corrected chi connectivity index (χ4v) is 7.93. The van der Waals surface area contributed by atoms with E-state index in [1.165, 1.54) is 34.1 Å². The van der Waals surface area contributed by atoms with E-state index < -0.39 is 32.0 Å². The molecular formula is C26H29N3O5S3. The Labute approximate surface area is 222 Å². The molecule has 0 saturated carbocycles. The Balaban J connectivity index is 1.49. The topological polar surface area (TPSA) is 104 Å². The van der Waals surface area contributed by atoms with Gasteiger partial charge < -0.3 is 5.32 Å². The largest absolute Gasteiger partial charge is 0.354 e. The van der Waals surface area contributed by atoms with Gasteiger partial charge in [0.05, 0.1) is 9.79 Å². The van der Waals surface area contributed by atoms with Crippen molar-refractivity contribution in [2.75, 3.05) is 31.9 Å². The first kappa shape index (κ1) is 27.3. The smallest absolute Gasteiger partial charge is 0.243 e. The van der Waals surface area contributed by atoms with Gasteiger partial charge >= 0.3 is 0 Å². The van der Waals surface area contributed by atoms with Crippen molar-refractivity contribution in [2.45, 2.75) is 21.6 Å². The van der Waals surface area contributed by atoms with E-state index >= 15 is 0 Å². The Hall–Kier alpha value is -2.70. The molecule has 0 radical (unpaired) electrons. The van der Waals surface area contributed by atoms with Crippen LogP contribution in [0.2, 0.25) is 0 Å². The molecule has 0 unspecified atom stereocenters. The summed E-state index contributed by atoms with van der Waals surface area (Å²) in [5.74, 6) is 0.899. The third-order valence-electron chi connectivity index (χ3n) is 5.98. The third kappa shape index (κ3) is 6.60. The van der Waals surface area contributed by atoms with Crippen molar-refractivity contribution in [1.82, 2.24) is 13.9 Å². The summed E-state index contributed by atoms with van der Waals surface area (Å²) in [5, 5.41) is 2.82. The lowest BCUT2D eigenvalue weighted by Crippen LogP contribution is -2.61. The second-order valence-electron chi connectivity index (χ2n) is 8.45. The van der Waals surface area contributed by atoms with Crippen LogP contribution in [0.25, 0.3) is 0 Å². The molecular weight excluding hydrogens is 531 g/mol. The van der Waals surface area contributed by atoms with Crippen molar-refractivity contribution in [3.8, 4) is 0 Å². The van der Waals surface area contributed by atoms with Gasteiger partial charge in [-0.05, 0) is 29.8 Å². The molecule has 37 heavy (non-hydrogen) atoms. The van der Waals surface area contributed by atoms with Crippen LogP contribution in [0.15, 0.2) is 101 Å². The summed E-state index contributed by atoms with van der Waals surface area (Å²) >= 11 is 1.65. The van der Waals surface area contributed by atoms with Gasteiger partial charge in [-0.15, -0.1) is 0 Å². The number of hydrogen-bond acceptors (Lipinski definition) is 6. The van der Waals surface area contributed by atoms with Crippen molar-refractivity contribution < 1.29 is 21.6 Å². The maximum atomic E-state index is 13.4. The first-order valence-corrected chi connectivity index (χ1v) is 15.8. The van der Waals surface area contributed by atoms with Crippen molar-refractivity contribution in [2.24, 2.45) is 0 Å². The SMILES string of the molecule is O=C(NCCSCc1ccccc1)[C@H]1CN(S(=O)(=O)c2ccccc2)CCN1S(=O)(=O)c1ccccc1. The normalized spacial score (nSPS) is 17.4. The van der Waals surface area contributed by atoms with Crippen molar-refractivity contribution in [1.29, 1.82) is 0 Å². The number of piperazine rings is 1. The zero-order valence-electron chi connectivity index (χ0n) is 20.1. The molecule has 3 aromatic rings. The molecule has 1 amide bonds. The highest BCUT2D eigenvalue weighted by Gasteiger charge is 2.43. The number of rotatable bonds is 10. The molecule has 4 rings (SSSR count). The van der Waals surface area contributed by atoms with Crippen molar-refractivity contribution in [3.05, 3.63) is 96.6 Å². The zero-order chi connectivity index (χ0) is 26.3. The molecule has 3 aromatic carbocycles. The average molecular weight is 560 g/mol. The van der Waals surface area contributed by atoms with Gasteiger partial charge in [-0.2, -0.15) is 20.4 Å². The van der Waals surface area contributed by atoms with E-state index in [4.69, 9.17) is 0 Å². The highest BCUT2D eigenvalue weighted by atomic mass is 32.2. The maximum Gasteiger partial charge on any atom is 0.243 e. The Kier molecular flexibility index (Phi) is 9.04. The molecule has 1 aliphatic heterocycles. The van der Waals surface area contributed by atoms with Crippen LogP contribution in [0.5, 0.6) is 0 Å². The van der Waals surface area contributed by atoms with E-state index in [2.05, 4.69) is 5.32 Å². The molecule has 0 spiro atoms. The van der Waals surface area contributed by atoms with Crippen molar-refractivity contribution in [3.63, 3.8) is 0 Å². The first-order valence-electron chi connectivity index (χ1n) is 11.8. The molecule has 1 atom stereocenters. The number of nitrogens with zero attached hydrogens (tertiary/aromatic N) is 2. The number of carbonyl (C=O) groups excluding carboxylic acids is 1. The second kappa shape index (κ2) is 12.2. The molecule has 1 aliphatic rings. The highest BCUT2D eigenvalue weighted by molar-refractivity contribution is 7.98. The number of amides is 1. The first-order chi connectivity index (χ1) is 17.8. The van der Waals surface area contributed by atoms with Crippen LogP contribution >= 0.6 is 11.8 Å². The van der Waals surface area contributed by atoms with Crippen molar-refractivity contribution >= 4 is 37.7 Å². The van der Waals surface area contributed by atoms with E-state index in [0.29, 0.717) is 12.3 Å². The van der Waals surface area contributed by atoms with Gasteiger partial charge in [-0.3, -0.25) is 4.79 Å². The summed E-state index contributed by atoms with van der Waals surface area (Å²) in [6.45, 7) is -0.131. The predicted molar refractivity (Wildman–Crippen MR) is 145 cm³/mol. The van der Waals surface area contributed by atoms with Crippen LogP contribution in [0.1, 0.15) is 5.56 Å². The molecule has 1 N–H and O–H groups in total. The Bertz CT molecular complexity index is 1390. The van der Waals surface area contributed by atoms with Crippen LogP contribution in [-0.2, 0) is 30.6 Å². The molecule has 8 nitrogen and oxygen atoms in total. The Morgan fingerprint density at radius 1 is 0.784 bits per heavy atom. The second-order valence-corrected chi connectivity index (χ2v) is 13.4. The van der Waals surface area contributed by atoms with Gasteiger partial charge in [0, 0.05) is 37.7 Å². The number of hydrogen-bond donors (Lipinski definition) is 1. The van der Waals surface area contributed by atoms with Crippen LogP contribution in [0, 0.1) is 0 Å². The van der Waals surface area contributed by atoms with E-state index in [0.717, 1.165) is 10.1 Å². The molecule has 1 fully saturated rings. The quantitative estimate of drug-likeness (QED) is 0.383. The highest BCUT2D eigenvalue weighted by Crippen LogP contribution is 2.25. The lowest BCUT2D eigenvalue weighted by molar-refractivity contribution is -0.125. The van der Waals surface area contributed by atoms with Gasteiger partial charge in [0.15, 0.2) is 0 Å². The number of thioether (sulfide) groups is 1. The van der Waals surface area contributed by atoms with Gasteiger partial charge in [-0.25, -0.2) is 16.8 Å². The summed E-state index contributed by atoms with van der Waals surface area (Å²) in [7, 11) is -7.91. The average Bonchev–Trinajstić information content (AvgIpc) is 2.94. The summed E-state index contributed by atoms with van der Waals surface area (Å²) in [4.78, 5) is 13.4. The summed E-state index contributed by atoms with van der Waals surface area (Å²) in [6.07, 6.45) is 0. The molecule has 1 heterocycles. The number of sulfonamides is 2. The molecule has 11 heteroatoms. The van der Waals surface area contributed by atoms with E-state index in [-0.39, 0.29) is 29.4 Å². The van der Waals surface area contributed by atoms with Crippen LogP contribution < -0.4 is 5.32 Å². The Morgan fingerprint density at radius 3 is 1.92 bits per heavy atom. The summed E-state index contributed by atoms with van der Waals surface area (Å²) < 4.78 is 55.7. The Morgan fingerprint density at radius 2 is 1.32 bits per heavy atom. The molecule has 196 valence electrons. The lowest BCUT2D eigenvalue weighted by atomic mass is 10.2. The summed E-state index contributed by atoms with van der Waals surface area (Å²) in [6, 6.07) is 24.6. The third-order valence-corrected chi connectivity index (χ3v) is 10.8. The number of carbonyl (C=O) groups is 1. The lowest BCUT2D eigenvalue weighted by Gasteiger charge is -2.38. The molecule has 0 aliphatic carbocycles. The van der Waals surface area contributed by atoms with Gasteiger partial charge in [-0.1, -0.05) is 66.7 Å². The molecule has 1 saturated heterocycles. The molecule has 0 bridgehead atoms. The van der Waals surface area contributed by atoms with Crippen LogP contribution in [-0.4, -0.2) is 69.3 Å². The van der Waals surface area contributed by atoms with Gasteiger partial charge in [0.25, 0.3) is 0 Å². The van der Waals surface area contributed by atoms with Crippen LogP contribution in [0.4, 0.5) is 0 Å². The standard InChI is InChI=1S/C26H29N3O5S3/c30-26(27-16-19-35-21-22-10-4-1-5-11-22)25-20-28(36(31,32)23-12-6-2-7-13-23)17-18-29(25)37(33,34)24-14-8-3-9-15-24/h1-15,25H,16-21H2,(H,27,30)/t25-/m1/s1. The minimum atomic E-state index is -4.02. The van der Waals surface area contributed by atoms with Gasteiger partial charge in [0.2, 0.25) is 26.0 Å². The number of nitrogens with one attached hydrogen (secondary N) is 1. The number of benzene rings is 3. The van der Waals surface area contributed by atoms with Crippen LogP contribution in [0.3, 0.4) is 0 Å². The maximum absolute atomic E-state index is 13.4. The van der Waals surface area contributed by atoms with Gasteiger partial charge in [0.1, 0.15) is 6.04 Å². The predicted octanol–water partition coefficient (Wildman–Crippen LogP) is 2.80. The van der Waals surface area contributed by atoms with E-state index in [9.17, 15) is 21.6 Å². The molecule has 0 aromatic heterocycles.